The summed E-state index contributed by atoms with van der Waals surface area (Å²) in [6, 6.07) is 16.4. The van der Waals surface area contributed by atoms with Gasteiger partial charge in [-0.25, -0.2) is 9.59 Å². The molecule has 0 saturated heterocycles. The first-order valence-corrected chi connectivity index (χ1v) is 11.3. The van der Waals surface area contributed by atoms with E-state index in [9.17, 15) is 14.4 Å². The van der Waals surface area contributed by atoms with Crippen molar-refractivity contribution in [2.75, 3.05) is 11.9 Å². The number of benzene rings is 2. The van der Waals surface area contributed by atoms with E-state index < -0.39 is 29.4 Å². The van der Waals surface area contributed by atoms with Gasteiger partial charge in [0.2, 0.25) is 5.91 Å². The van der Waals surface area contributed by atoms with Gasteiger partial charge in [0.05, 0.1) is 0 Å². The van der Waals surface area contributed by atoms with E-state index in [1.807, 2.05) is 57.2 Å². The molecule has 0 aliphatic heterocycles. The molecule has 1 aliphatic carbocycles. The lowest BCUT2D eigenvalue weighted by Crippen LogP contribution is -2.51. The van der Waals surface area contributed by atoms with Crippen LogP contribution in [0.15, 0.2) is 54.6 Å². The maximum absolute atomic E-state index is 13.0. The zero-order chi connectivity index (χ0) is 25.3. The van der Waals surface area contributed by atoms with Gasteiger partial charge in [-0.05, 0) is 27.7 Å². The van der Waals surface area contributed by atoms with Crippen molar-refractivity contribution >= 4 is 23.8 Å². The molecular formula is C26H28N4O5. The van der Waals surface area contributed by atoms with Crippen molar-refractivity contribution in [3.8, 4) is 11.1 Å². The molecule has 2 aromatic carbocycles. The van der Waals surface area contributed by atoms with Crippen LogP contribution < -0.4 is 10.6 Å². The van der Waals surface area contributed by atoms with E-state index in [1.54, 1.807) is 0 Å². The van der Waals surface area contributed by atoms with E-state index in [0.717, 1.165) is 22.3 Å². The van der Waals surface area contributed by atoms with Gasteiger partial charge in [0.15, 0.2) is 5.69 Å². The highest BCUT2D eigenvalue weighted by Gasteiger charge is 2.35. The van der Waals surface area contributed by atoms with Crippen LogP contribution in [-0.4, -0.2) is 45.5 Å². The maximum Gasteiger partial charge on any atom is 0.407 e. The number of carbonyl (C=O) groups is 3. The number of alkyl carbamates (subject to hydrolysis) is 1. The van der Waals surface area contributed by atoms with Crippen molar-refractivity contribution in [1.29, 1.82) is 0 Å². The Hall–Kier alpha value is -4.14. The first-order chi connectivity index (χ1) is 16.6. The van der Waals surface area contributed by atoms with Crippen molar-refractivity contribution in [1.82, 2.24) is 15.1 Å². The summed E-state index contributed by atoms with van der Waals surface area (Å²) in [6.45, 7) is 5.56. The molecule has 0 unspecified atom stereocenters. The number of nitrogens with one attached hydrogen (secondary N) is 2. The lowest BCUT2D eigenvalue weighted by atomic mass is 9.86. The second-order valence-corrected chi connectivity index (χ2v) is 9.60. The van der Waals surface area contributed by atoms with Crippen LogP contribution in [0, 0.1) is 5.41 Å². The number of carbonyl (C=O) groups excluding carboxylic acids is 2. The average molecular weight is 477 g/mol. The third kappa shape index (κ3) is 4.89. The van der Waals surface area contributed by atoms with Gasteiger partial charge < -0.3 is 20.5 Å². The van der Waals surface area contributed by atoms with E-state index in [2.05, 4.69) is 27.9 Å². The molecule has 1 atom stereocenters. The summed E-state index contributed by atoms with van der Waals surface area (Å²) in [6.07, 6.45) is -0.710. The molecule has 9 nitrogen and oxygen atoms in total. The van der Waals surface area contributed by atoms with Gasteiger partial charge in [-0.1, -0.05) is 69.3 Å². The van der Waals surface area contributed by atoms with Gasteiger partial charge >= 0.3 is 12.1 Å². The number of amides is 2. The molecule has 0 radical (unpaired) electrons. The lowest BCUT2D eigenvalue weighted by molar-refractivity contribution is -0.120. The molecule has 0 fully saturated rings. The predicted octanol–water partition coefficient (Wildman–Crippen LogP) is 4.01. The molecule has 1 aliphatic rings. The van der Waals surface area contributed by atoms with Gasteiger partial charge in [-0.15, -0.1) is 0 Å². The SMILES string of the molecule is Cn1nc(C(=O)O)cc1NC(=O)[C@@H](NC(=O)OCC1c2ccccc2-c2ccccc21)C(C)(C)C. The Balaban J connectivity index is 1.45. The largest absolute Gasteiger partial charge is 0.476 e. The van der Waals surface area contributed by atoms with E-state index in [0.29, 0.717) is 0 Å². The fourth-order valence-electron chi connectivity index (χ4n) is 4.32. The van der Waals surface area contributed by atoms with Gasteiger partial charge in [-0.3, -0.25) is 9.48 Å². The monoisotopic (exact) mass is 476 g/mol. The summed E-state index contributed by atoms with van der Waals surface area (Å²) in [5.41, 5.74) is 3.60. The Morgan fingerprint density at radius 3 is 2.14 bits per heavy atom. The molecule has 3 aromatic rings. The number of nitrogens with zero attached hydrogens (tertiary/aromatic N) is 2. The lowest BCUT2D eigenvalue weighted by Gasteiger charge is -2.30. The van der Waals surface area contributed by atoms with E-state index >= 15 is 0 Å². The molecule has 1 heterocycles. The number of aromatic carboxylic acids is 1. The van der Waals surface area contributed by atoms with Gasteiger partial charge in [-0.2, -0.15) is 5.10 Å². The minimum atomic E-state index is -1.20. The highest BCUT2D eigenvalue weighted by Crippen LogP contribution is 2.44. The molecule has 0 spiro atoms. The minimum absolute atomic E-state index is 0.0982. The molecule has 1 aromatic heterocycles. The predicted molar refractivity (Wildman–Crippen MR) is 130 cm³/mol. The van der Waals surface area contributed by atoms with Crippen LogP contribution in [0.3, 0.4) is 0 Å². The molecule has 2 amide bonds. The standard InChI is InChI=1S/C26H28N4O5/c1-26(2,3)22(23(31)27-21-13-20(24(32)33)29-30(21)4)28-25(34)35-14-19-17-11-7-5-9-15(17)16-10-6-8-12-18(16)19/h5-13,19,22H,14H2,1-4H3,(H,27,31)(H,28,34)(H,32,33)/t22-/m1/s1. The van der Waals surface area contributed by atoms with Crippen molar-refractivity contribution in [3.63, 3.8) is 0 Å². The highest BCUT2D eigenvalue weighted by atomic mass is 16.5. The Morgan fingerprint density at radius 1 is 1.06 bits per heavy atom. The van der Waals surface area contributed by atoms with Crippen molar-refractivity contribution in [3.05, 3.63) is 71.4 Å². The Labute approximate surface area is 203 Å². The number of aromatic nitrogens is 2. The molecule has 3 N–H and O–H groups in total. The fourth-order valence-corrected chi connectivity index (χ4v) is 4.32. The summed E-state index contributed by atoms with van der Waals surface area (Å²) in [5.74, 6) is -1.61. The summed E-state index contributed by atoms with van der Waals surface area (Å²) in [7, 11) is 1.52. The molecule has 182 valence electrons. The molecule has 0 saturated carbocycles. The minimum Gasteiger partial charge on any atom is -0.476 e. The van der Waals surface area contributed by atoms with Crippen molar-refractivity contribution < 1.29 is 24.2 Å². The third-order valence-electron chi connectivity index (χ3n) is 6.08. The summed E-state index contributed by atoms with van der Waals surface area (Å²) >= 11 is 0. The first-order valence-electron chi connectivity index (χ1n) is 11.3. The quantitative estimate of drug-likeness (QED) is 0.494. The Bertz CT molecular complexity index is 1250. The van der Waals surface area contributed by atoms with Crippen LogP contribution in [-0.2, 0) is 16.6 Å². The summed E-state index contributed by atoms with van der Waals surface area (Å²) < 4.78 is 6.86. The Morgan fingerprint density at radius 2 is 1.63 bits per heavy atom. The third-order valence-corrected chi connectivity index (χ3v) is 6.08. The number of fused-ring (bicyclic) bond motifs is 3. The smallest absolute Gasteiger partial charge is 0.407 e. The highest BCUT2D eigenvalue weighted by molar-refractivity contribution is 5.97. The van der Waals surface area contributed by atoms with Crippen LogP contribution >= 0.6 is 0 Å². The maximum atomic E-state index is 13.0. The van der Waals surface area contributed by atoms with Gasteiger partial charge in [0, 0.05) is 19.0 Å². The van der Waals surface area contributed by atoms with Crippen LogP contribution in [0.5, 0.6) is 0 Å². The van der Waals surface area contributed by atoms with E-state index in [1.165, 1.54) is 17.8 Å². The van der Waals surface area contributed by atoms with Crippen LogP contribution in [0.1, 0.15) is 48.3 Å². The van der Waals surface area contributed by atoms with E-state index in [-0.39, 0.29) is 24.0 Å². The molecule has 0 bridgehead atoms. The number of carboxylic acid groups (broad SMARTS) is 1. The molecule has 4 rings (SSSR count). The molecular weight excluding hydrogens is 448 g/mol. The number of anilines is 1. The number of rotatable bonds is 6. The van der Waals surface area contributed by atoms with Crippen LogP contribution in [0.25, 0.3) is 11.1 Å². The molecule has 9 heteroatoms. The number of carboxylic acids is 1. The first kappa shape index (κ1) is 24.0. The zero-order valence-electron chi connectivity index (χ0n) is 20.0. The second kappa shape index (κ2) is 9.25. The zero-order valence-corrected chi connectivity index (χ0v) is 20.0. The van der Waals surface area contributed by atoms with Gasteiger partial charge in [0.25, 0.3) is 0 Å². The fraction of sp³-hybridized carbons (Fsp3) is 0.308. The van der Waals surface area contributed by atoms with Crippen molar-refractivity contribution in [2.24, 2.45) is 12.5 Å². The summed E-state index contributed by atoms with van der Waals surface area (Å²) in [4.78, 5) is 37.0. The topological polar surface area (TPSA) is 123 Å². The van der Waals surface area contributed by atoms with Crippen molar-refractivity contribution in [2.45, 2.75) is 32.7 Å². The number of hydrogen-bond donors (Lipinski definition) is 3. The number of ether oxygens (including phenoxy) is 1. The molecule has 35 heavy (non-hydrogen) atoms. The number of aryl methyl sites for hydroxylation is 1. The van der Waals surface area contributed by atoms with Crippen LogP contribution in [0.4, 0.5) is 10.6 Å². The number of hydrogen-bond acceptors (Lipinski definition) is 5. The normalized spacial score (nSPS) is 13.5. The van der Waals surface area contributed by atoms with E-state index in [4.69, 9.17) is 9.84 Å². The second-order valence-electron chi connectivity index (χ2n) is 9.60. The Kier molecular flexibility index (Phi) is 6.34. The van der Waals surface area contributed by atoms with Gasteiger partial charge in [0.1, 0.15) is 18.5 Å². The average Bonchev–Trinajstić information content (AvgIpc) is 3.33. The summed E-state index contributed by atoms with van der Waals surface area (Å²) in [5, 5.41) is 18.3. The van der Waals surface area contributed by atoms with Crippen LogP contribution in [0.2, 0.25) is 0 Å².